The van der Waals surface area contributed by atoms with Crippen LogP contribution in [0.25, 0.3) is 10.4 Å². The molecule has 0 fully saturated rings. The molecule has 0 spiro atoms. The summed E-state index contributed by atoms with van der Waals surface area (Å²) in [6, 6.07) is 11.4. The molecule has 0 radical (unpaired) electrons. The molecule has 0 bridgehead atoms. The lowest BCUT2D eigenvalue weighted by Gasteiger charge is -2.04. The second-order valence-corrected chi connectivity index (χ2v) is 4.14. The molecule has 4 heteroatoms. The Kier molecular flexibility index (Phi) is 3.22. The number of benzene rings is 1. The van der Waals surface area contributed by atoms with Crippen molar-refractivity contribution in [1.29, 1.82) is 0 Å². The first-order valence-corrected chi connectivity index (χ1v) is 5.62. The van der Waals surface area contributed by atoms with Crippen LogP contribution in [0.5, 0.6) is 5.75 Å². The topological polar surface area (TPSA) is 46.5 Å². The summed E-state index contributed by atoms with van der Waals surface area (Å²) in [5, 5.41) is 10.5. The smallest absolute Gasteiger partial charge is 0.341 e. The molecule has 3 nitrogen and oxygen atoms in total. The van der Waals surface area contributed by atoms with Crippen LogP contribution in [0, 0.1) is 0 Å². The predicted octanol–water partition coefficient (Wildman–Crippen LogP) is 2.88. The molecule has 0 aliphatic rings. The van der Waals surface area contributed by atoms with Crippen molar-refractivity contribution in [2.75, 3.05) is 6.61 Å². The molecule has 0 aliphatic heterocycles. The number of carboxylic acid groups (broad SMARTS) is 1. The van der Waals surface area contributed by atoms with Gasteiger partial charge in [0, 0.05) is 4.88 Å². The molecule has 1 N–H and O–H groups in total. The third-order valence-corrected chi connectivity index (χ3v) is 2.92. The highest BCUT2D eigenvalue weighted by Crippen LogP contribution is 2.27. The zero-order valence-corrected chi connectivity index (χ0v) is 9.24. The number of ether oxygens (including phenoxy) is 1. The van der Waals surface area contributed by atoms with Crippen molar-refractivity contribution >= 4 is 17.3 Å². The molecular weight excluding hydrogens is 224 g/mol. The van der Waals surface area contributed by atoms with Crippen molar-refractivity contribution in [3.8, 4) is 16.2 Å². The van der Waals surface area contributed by atoms with Gasteiger partial charge in [0.25, 0.3) is 0 Å². The quantitative estimate of drug-likeness (QED) is 0.884. The minimum Gasteiger partial charge on any atom is -0.482 e. The van der Waals surface area contributed by atoms with E-state index >= 15 is 0 Å². The van der Waals surface area contributed by atoms with Crippen LogP contribution in [0.15, 0.2) is 41.8 Å². The first kappa shape index (κ1) is 10.7. The van der Waals surface area contributed by atoms with Crippen LogP contribution in [0.1, 0.15) is 0 Å². The van der Waals surface area contributed by atoms with Crippen LogP contribution >= 0.6 is 11.3 Å². The Balaban J connectivity index is 2.17. The van der Waals surface area contributed by atoms with Crippen molar-refractivity contribution in [1.82, 2.24) is 0 Å². The molecule has 16 heavy (non-hydrogen) atoms. The summed E-state index contributed by atoms with van der Waals surface area (Å²) >= 11 is 1.64. The van der Waals surface area contributed by atoms with Crippen molar-refractivity contribution in [3.05, 3.63) is 41.8 Å². The highest BCUT2D eigenvalue weighted by molar-refractivity contribution is 7.13. The number of thiophene rings is 1. The maximum absolute atomic E-state index is 10.4. The van der Waals surface area contributed by atoms with Crippen molar-refractivity contribution in [2.45, 2.75) is 0 Å². The van der Waals surface area contributed by atoms with Crippen LogP contribution in [0.2, 0.25) is 0 Å². The van der Waals surface area contributed by atoms with Gasteiger partial charge in [-0.05, 0) is 29.1 Å². The van der Waals surface area contributed by atoms with Crippen LogP contribution in [-0.2, 0) is 4.79 Å². The number of carbonyl (C=O) groups is 1. The van der Waals surface area contributed by atoms with Gasteiger partial charge in [0.05, 0.1) is 0 Å². The first-order valence-electron chi connectivity index (χ1n) is 4.74. The summed E-state index contributed by atoms with van der Waals surface area (Å²) < 4.78 is 5.11. The molecule has 1 aromatic heterocycles. The zero-order valence-electron chi connectivity index (χ0n) is 8.42. The van der Waals surface area contributed by atoms with Crippen LogP contribution in [0.3, 0.4) is 0 Å². The van der Waals surface area contributed by atoms with Crippen LogP contribution in [-0.4, -0.2) is 17.7 Å². The van der Waals surface area contributed by atoms with E-state index in [1.807, 2.05) is 35.7 Å². The van der Waals surface area contributed by atoms with E-state index in [1.54, 1.807) is 17.4 Å². The standard InChI is InChI=1S/C12H10O3S/c13-12(14)8-15-10-4-1-3-9(7-10)11-5-2-6-16-11/h1-7H,8H2,(H,13,14). The molecule has 2 rings (SSSR count). The van der Waals surface area contributed by atoms with Gasteiger partial charge in [-0.2, -0.15) is 0 Å². The molecule has 82 valence electrons. The summed E-state index contributed by atoms with van der Waals surface area (Å²) in [6.07, 6.45) is 0. The Morgan fingerprint density at radius 1 is 1.31 bits per heavy atom. The summed E-state index contributed by atoms with van der Waals surface area (Å²) in [5.41, 5.74) is 1.04. The Hall–Kier alpha value is -1.81. The van der Waals surface area contributed by atoms with Gasteiger partial charge in [0.2, 0.25) is 0 Å². The summed E-state index contributed by atoms with van der Waals surface area (Å²) in [7, 11) is 0. The minimum absolute atomic E-state index is 0.312. The molecule has 1 aromatic carbocycles. The number of carboxylic acids is 1. The van der Waals surface area contributed by atoms with E-state index < -0.39 is 5.97 Å². The molecule has 1 heterocycles. The summed E-state index contributed by atoms with van der Waals surface area (Å²) in [5.74, 6) is -0.394. The fourth-order valence-electron chi connectivity index (χ4n) is 1.33. The third-order valence-electron chi connectivity index (χ3n) is 2.00. The highest BCUT2D eigenvalue weighted by atomic mass is 32.1. The molecule has 0 atom stereocenters. The SMILES string of the molecule is O=C(O)COc1cccc(-c2cccs2)c1. The predicted molar refractivity (Wildman–Crippen MR) is 62.9 cm³/mol. The van der Waals surface area contributed by atoms with Crippen LogP contribution < -0.4 is 4.74 Å². The van der Waals surface area contributed by atoms with Crippen molar-refractivity contribution in [2.24, 2.45) is 0 Å². The average molecular weight is 234 g/mol. The van der Waals surface area contributed by atoms with Crippen LogP contribution in [0.4, 0.5) is 0 Å². The number of hydrogen-bond donors (Lipinski definition) is 1. The largest absolute Gasteiger partial charge is 0.482 e. The normalized spacial score (nSPS) is 10.0. The monoisotopic (exact) mass is 234 g/mol. The van der Waals surface area contributed by atoms with Gasteiger partial charge in [0.15, 0.2) is 6.61 Å². The van der Waals surface area contributed by atoms with Gasteiger partial charge in [-0.15, -0.1) is 11.3 Å². The molecule has 0 saturated heterocycles. The Morgan fingerprint density at radius 2 is 2.19 bits per heavy atom. The van der Waals surface area contributed by atoms with Gasteiger partial charge in [-0.25, -0.2) is 4.79 Å². The maximum Gasteiger partial charge on any atom is 0.341 e. The second-order valence-electron chi connectivity index (χ2n) is 3.19. The molecule has 0 saturated carbocycles. The fraction of sp³-hybridized carbons (Fsp3) is 0.0833. The van der Waals surface area contributed by atoms with Gasteiger partial charge >= 0.3 is 5.97 Å². The maximum atomic E-state index is 10.4. The van der Waals surface area contributed by atoms with Gasteiger partial charge in [-0.3, -0.25) is 0 Å². The Labute approximate surface area is 96.9 Å². The molecular formula is C12H10O3S. The van der Waals surface area contributed by atoms with Gasteiger partial charge in [-0.1, -0.05) is 18.2 Å². The molecule has 0 unspecified atom stereocenters. The molecule has 0 aliphatic carbocycles. The van der Waals surface area contributed by atoms with Gasteiger partial charge in [0.1, 0.15) is 5.75 Å². The fourth-order valence-corrected chi connectivity index (χ4v) is 2.05. The lowest BCUT2D eigenvalue weighted by molar-refractivity contribution is -0.139. The van der Waals surface area contributed by atoms with E-state index in [2.05, 4.69) is 0 Å². The Bertz CT molecular complexity index is 477. The highest BCUT2D eigenvalue weighted by Gasteiger charge is 2.02. The summed E-state index contributed by atoms with van der Waals surface area (Å²) in [4.78, 5) is 11.5. The van der Waals surface area contributed by atoms with Crippen molar-refractivity contribution in [3.63, 3.8) is 0 Å². The average Bonchev–Trinajstić information content (AvgIpc) is 2.80. The molecule has 2 aromatic rings. The van der Waals surface area contributed by atoms with E-state index in [9.17, 15) is 4.79 Å². The first-order chi connectivity index (χ1) is 7.75. The van der Waals surface area contributed by atoms with Gasteiger partial charge < -0.3 is 9.84 Å². The lowest BCUT2D eigenvalue weighted by Crippen LogP contribution is -2.09. The third kappa shape index (κ3) is 2.61. The minimum atomic E-state index is -0.971. The van der Waals surface area contributed by atoms with E-state index in [0.717, 1.165) is 10.4 Å². The number of rotatable bonds is 4. The van der Waals surface area contributed by atoms with E-state index in [1.165, 1.54) is 0 Å². The van der Waals surface area contributed by atoms with E-state index in [4.69, 9.17) is 9.84 Å². The van der Waals surface area contributed by atoms with Crippen molar-refractivity contribution < 1.29 is 14.6 Å². The zero-order chi connectivity index (χ0) is 11.4. The number of aliphatic carboxylic acids is 1. The Morgan fingerprint density at radius 3 is 2.88 bits per heavy atom. The summed E-state index contributed by atoms with van der Waals surface area (Å²) in [6.45, 7) is -0.312. The van der Waals surface area contributed by atoms with E-state index in [-0.39, 0.29) is 6.61 Å². The molecule has 0 amide bonds. The van der Waals surface area contributed by atoms with E-state index in [0.29, 0.717) is 5.75 Å². The second kappa shape index (κ2) is 4.81. The lowest BCUT2D eigenvalue weighted by atomic mass is 10.2. The number of hydrogen-bond acceptors (Lipinski definition) is 3.